The van der Waals surface area contributed by atoms with Gasteiger partial charge < -0.3 is 15.5 Å². The number of rotatable bonds is 4. The molecule has 1 aliphatic rings. The van der Waals surface area contributed by atoms with Crippen molar-refractivity contribution in [2.45, 2.75) is 38.3 Å². The van der Waals surface area contributed by atoms with E-state index in [1.54, 1.807) is 0 Å². The molecule has 4 nitrogen and oxygen atoms in total. The zero-order valence-corrected chi connectivity index (χ0v) is 10.0. The third-order valence-corrected chi connectivity index (χ3v) is 3.08. The molecule has 1 saturated heterocycles. The summed E-state index contributed by atoms with van der Waals surface area (Å²) in [4.78, 5) is 13.8. The Kier molecular flexibility index (Phi) is 5.05. The number of piperidine rings is 1. The van der Waals surface area contributed by atoms with Gasteiger partial charge in [-0.15, -0.1) is 0 Å². The van der Waals surface area contributed by atoms with E-state index in [0.29, 0.717) is 6.04 Å². The molecule has 1 rings (SSSR count). The van der Waals surface area contributed by atoms with Crippen molar-refractivity contribution in [3.05, 3.63) is 0 Å². The van der Waals surface area contributed by atoms with Crippen molar-refractivity contribution >= 4 is 5.91 Å². The standard InChI is InChI=1S/C11H23N3O/c1-9(14(2)3)8-13-11(15)10-6-4-5-7-12-10/h9-10,12H,4-8H2,1-3H3,(H,13,15)/t9?,10-/m1/s1. The molecule has 0 radical (unpaired) electrons. The van der Waals surface area contributed by atoms with Crippen LogP contribution < -0.4 is 10.6 Å². The fourth-order valence-electron chi connectivity index (χ4n) is 1.63. The van der Waals surface area contributed by atoms with Gasteiger partial charge in [-0.1, -0.05) is 6.42 Å². The van der Waals surface area contributed by atoms with Gasteiger partial charge in [0.1, 0.15) is 0 Å². The van der Waals surface area contributed by atoms with Crippen LogP contribution in [0.3, 0.4) is 0 Å². The predicted molar refractivity (Wildman–Crippen MR) is 61.8 cm³/mol. The van der Waals surface area contributed by atoms with Gasteiger partial charge in [-0.05, 0) is 40.4 Å². The zero-order valence-electron chi connectivity index (χ0n) is 10.0. The summed E-state index contributed by atoms with van der Waals surface area (Å²) in [6, 6.07) is 0.422. The Labute approximate surface area is 92.4 Å². The van der Waals surface area contributed by atoms with Crippen LogP contribution in [0.25, 0.3) is 0 Å². The first-order chi connectivity index (χ1) is 7.11. The van der Waals surface area contributed by atoms with Crippen molar-refractivity contribution in [3.8, 4) is 0 Å². The Morgan fingerprint density at radius 3 is 2.80 bits per heavy atom. The summed E-state index contributed by atoms with van der Waals surface area (Å²) >= 11 is 0. The molecule has 0 spiro atoms. The van der Waals surface area contributed by atoms with Crippen LogP contribution in [0.2, 0.25) is 0 Å². The monoisotopic (exact) mass is 213 g/mol. The number of likely N-dealkylation sites (N-methyl/N-ethyl adjacent to an activating group) is 1. The molecular formula is C11H23N3O. The van der Waals surface area contributed by atoms with Gasteiger partial charge >= 0.3 is 0 Å². The molecular weight excluding hydrogens is 190 g/mol. The maximum atomic E-state index is 11.7. The van der Waals surface area contributed by atoms with Crippen molar-refractivity contribution in [3.63, 3.8) is 0 Å². The Morgan fingerprint density at radius 1 is 1.53 bits per heavy atom. The van der Waals surface area contributed by atoms with Gasteiger partial charge in [0.05, 0.1) is 6.04 Å². The Morgan fingerprint density at radius 2 is 2.27 bits per heavy atom. The highest BCUT2D eigenvalue weighted by atomic mass is 16.2. The van der Waals surface area contributed by atoms with E-state index in [4.69, 9.17) is 0 Å². The molecule has 2 atom stereocenters. The number of nitrogens with one attached hydrogen (secondary N) is 2. The van der Waals surface area contributed by atoms with Crippen molar-refractivity contribution in [2.75, 3.05) is 27.2 Å². The van der Waals surface area contributed by atoms with Gasteiger partial charge in [0.25, 0.3) is 0 Å². The van der Waals surface area contributed by atoms with Gasteiger partial charge in [0.2, 0.25) is 5.91 Å². The van der Waals surface area contributed by atoms with Gasteiger partial charge in [-0.3, -0.25) is 4.79 Å². The van der Waals surface area contributed by atoms with Gasteiger partial charge in [-0.25, -0.2) is 0 Å². The van der Waals surface area contributed by atoms with Crippen LogP contribution in [0, 0.1) is 0 Å². The molecule has 1 unspecified atom stereocenters. The van der Waals surface area contributed by atoms with Crippen LogP contribution in [0.4, 0.5) is 0 Å². The number of amides is 1. The summed E-state index contributed by atoms with van der Waals surface area (Å²) < 4.78 is 0. The van der Waals surface area contributed by atoms with Crippen molar-refractivity contribution < 1.29 is 4.79 Å². The fourth-order valence-corrected chi connectivity index (χ4v) is 1.63. The Bertz CT molecular complexity index is 200. The summed E-state index contributed by atoms with van der Waals surface area (Å²) in [6.45, 7) is 3.81. The fraction of sp³-hybridized carbons (Fsp3) is 0.909. The maximum absolute atomic E-state index is 11.7. The van der Waals surface area contributed by atoms with Gasteiger partial charge in [0, 0.05) is 12.6 Å². The largest absolute Gasteiger partial charge is 0.353 e. The second-order valence-corrected chi connectivity index (χ2v) is 4.56. The highest BCUT2D eigenvalue weighted by molar-refractivity contribution is 5.81. The number of hydrogen-bond donors (Lipinski definition) is 2. The molecule has 0 saturated carbocycles. The molecule has 0 aliphatic carbocycles. The molecule has 15 heavy (non-hydrogen) atoms. The molecule has 0 aromatic heterocycles. The quantitative estimate of drug-likeness (QED) is 0.701. The topological polar surface area (TPSA) is 44.4 Å². The molecule has 1 heterocycles. The van der Waals surface area contributed by atoms with E-state index < -0.39 is 0 Å². The summed E-state index contributed by atoms with van der Waals surface area (Å²) in [6.07, 6.45) is 3.33. The zero-order chi connectivity index (χ0) is 11.3. The van der Waals surface area contributed by atoms with E-state index in [2.05, 4.69) is 22.5 Å². The molecule has 2 N–H and O–H groups in total. The maximum Gasteiger partial charge on any atom is 0.237 e. The van der Waals surface area contributed by atoms with E-state index >= 15 is 0 Å². The van der Waals surface area contributed by atoms with E-state index in [9.17, 15) is 4.79 Å². The Balaban J connectivity index is 2.22. The lowest BCUT2D eigenvalue weighted by Gasteiger charge is -2.25. The van der Waals surface area contributed by atoms with Gasteiger partial charge in [0.15, 0.2) is 0 Å². The summed E-state index contributed by atoms with van der Waals surface area (Å²) in [5.74, 6) is 0.156. The number of carbonyl (C=O) groups excluding carboxylic acids is 1. The van der Waals surface area contributed by atoms with E-state index in [-0.39, 0.29) is 11.9 Å². The minimum atomic E-state index is 0.0353. The molecule has 0 aromatic rings. The second kappa shape index (κ2) is 6.08. The molecule has 1 aliphatic heterocycles. The van der Waals surface area contributed by atoms with E-state index in [0.717, 1.165) is 25.9 Å². The van der Waals surface area contributed by atoms with E-state index in [1.807, 2.05) is 14.1 Å². The van der Waals surface area contributed by atoms with Gasteiger partial charge in [-0.2, -0.15) is 0 Å². The number of carbonyl (C=O) groups is 1. The van der Waals surface area contributed by atoms with Crippen LogP contribution in [-0.2, 0) is 4.79 Å². The highest BCUT2D eigenvalue weighted by Gasteiger charge is 2.20. The Hall–Kier alpha value is -0.610. The molecule has 1 fully saturated rings. The first-order valence-electron chi connectivity index (χ1n) is 5.79. The molecule has 0 bridgehead atoms. The minimum Gasteiger partial charge on any atom is -0.353 e. The van der Waals surface area contributed by atoms with Crippen LogP contribution in [-0.4, -0.2) is 50.1 Å². The molecule has 88 valence electrons. The third kappa shape index (κ3) is 4.18. The lowest BCUT2D eigenvalue weighted by Crippen LogP contribution is -2.49. The average molecular weight is 213 g/mol. The first-order valence-corrected chi connectivity index (χ1v) is 5.79. The highest BCUT2D eigenvalue weighted by Crippen LogP contribution is 2.06. The SMILES string of the molecule is CC(CNC(=O)[C@H]1CCCCN1)N(C)C. The molecule has 1 amide bonds. The van der Waals surface area contributed by atoms with Crippen molar-refractivity contribution in [1.82, 2.24) is 15.5 Å². The number of hydrogen-bond acceptors (Lipinski definition) is 3. The molecule has 0 aromatic carbocycles. The van der Waals surface area contributed by atoms with Crippen molar-refractivity contribution in [1.29, 1.82) is 0 Å². The normalized spacial score (nSPS) is 23.9. The van der Waals surface area contributed by atoms with Crippen LogP contribution in [0.15, 0.2) is 0 Å². The third-order valence-electron chi connectivity index (χ3n) is 3.08. The summed E-state index contributed by atoms with van der Waals surface area (Å²) in [7, 11) is 4.05. The van der Waals surface area contributed by atoms with E-state index in [1.165, 1.54) is 6.42 Å². The smallest absolute Gasteiger partial charge is 0.237 e. The second-order valence-electron chi connectivity index (χ2n) is 4.56. The van der Waals surface area contributed by atoms with Crippen molar-refractivity contribution in [2.24, 2.45) is 0 Å². The van der Waals surface area contributed by atoms with Crippen LogP contribution in [0.5, 0.6) is 0 Å². The lowest BCUT2D eigenvalue weighted by molar-refractivity contribution is -0.123. The predicted octanol–water partition coefficient (Wildman–Crippen LogP) is 0.195. The molecule has 4 heteroatoms. The minimum absolute atomic E-state index is 0.0353. The number of nitrogens with zero attached hydrogens (tertiary/aromatic N) is 1. The lowest BCUT2D eigenvalue weighted by atomic mass is 10.0. The van der Waals surface area contributed by atoms with Crippen LogP contribution >= 0.6 is 0 Å². The summed E-state index contributed by atoms with van der Waals surface area (Å²) in [5.41, 5.74) is 0. The summed E-state index contributed by atoms with van der Waals surface area (Å²) in [5, 5.41) is 6.24. The van der Waals surface area contributed by atoms with Crippen LogP contribution in [0.1, 0.15) is 26.2 Å². The first kappa shape index (κ1) is 12.5. The average Bonchev–Trinajstić information content (AvgIpc) is 2.26.